The summed E-state index contributed by atoms with van der Waals surface area (Å²) in [5.74, 6) is 0.625. The maximum Gasteiger partial charge on any atom is 0.0575 e. The van der Waals surface area contributed by atoms with Crippen molar-refractivity contribution in [3.63, 3.8) is 0 Å². The van der Waals surface area contributed by atoms with Gasteiger partial charge in [-0.2, -0.15) is 0 Å². The Bertz CT molecular complexity index is 439. The molecule has 1 aromatic carbocycles. The molecule has 0 saturated heterocycles. The first-order chi connectivity index (χ1) is 8.11. The van der Waals surface area contributed by atoms with Crippen LogP contribution in [0.15, 0.2) is 41.4 Å². The maximum atomic E-state index is 4.77. The van der Waals surface area contributed by atoms with E-state index in [0.29, 0.717) is 12.0 Å². The molecule has 1 aliphatic rings. The van der Waals surface area contributed by atoms with Gasteiger partial charge in [-0.25, -0.2) is 0 Å². The zero-order valence-electron chi connectivity index (χ0n) is 11.0. The van der Waals surface area contributed by atoms with Crippen LogP contribution >= 0.6 is 0 Å². The number of aryl methyl sites for hydroxylation is 1. The Morgan fingerprint density at radius 1 is 1.29 bits per heavy atom. The first kappa shape index (κ1) is 12.1. The molecule has 1 saturated carbocycles. The minimum absolute atomic E-state index is 0.485. The molecule has 2 atom stereocenters. The number of rotatable bonds is 4. The van der Waals surface area contributed by atoms with E-state index in [1.54, 1.807) is 0 Å². The summed E-state index contributed by atoms with van der Waals surface area (Å²) in [5, 5.41) is 0. The van der Waals surface area contributed by atoms with Gasteiger partial charge in [-0.15, -0.1) is 0 Å². The van der Waals surface area contributed by atoms with Crippen LogP contribution in [0.25, 0.3) is 0 Å². The van der Waals surface area contributed by atoms with Crippen molar-refractivity contribution in [3.8, 4) is 0 Å². The summed E-state index contributed by atoms with van der Waals surface area (Å²) in [5.41, 5.74) is 5.05. The van der Waals surface area contributed by atoms with Crippen molar-refractivity contribution in [1.29, 1.82) is 0 Å². The van der Waals surface area contributed by atoms with Crippen molar-refractivity contribution in [2.75, 3.05) is 0 Å². The van der Waals surface area contributed by atoms with Gasteiger partial charge in [-0.3, -0.25) is 4.99 Å². The van der Waals surface area contributed by atoms with E-state index in [-0.39, 0.29) is 0 Å². The third-order valence-electron chi connectivity index (χ3n) is 3.53. The van der Waals surface area contributed by atoms with Crippen LogP contribution in [-0.4, -0.2) is 11.8 Å². The van der Waals surface area contributed by atoms with Crippen LogP contribution in [0, 0.1) is 5.92 Å². The maximum absolute atomic E-state index is 4.77. The van der Waals surface area contributed by atoms with Gasteiger partial charge >= 0.3 is 0 Å². The summed E-state index contributed by atoms with van der Waals surface area (Å²) >= 11 is 0. The van der Waals surface area contributed by atoms with Crippen LogP contribution in [-0.2, 0) is 6.42 Å². The summed E-state index contributed by atoms with van der Waals surface area (Å²) in [6.45, 7) is 10.4. The Morgan fingerprint density at radius 3 is 2.41 bits per heavy atom. The number of hydrogen-bond donors (Lipinski definition) is 0. The Balaban J connectivity index is 2.06. The molecule has 17 heavy (non-hydrogen) atoms. The van der Waals surface area contributed by atoms with E-state index in [2.05, 4.69) is 51.6 Å². The van der Waals surface area contributed by atoms with Gasteiger partial charge in [0.25, 0.3) is 0 Å². The van der Waals surface area contributed by atoms with Crippen molar-refractivity contribution in [2.45, 2.75) is 39.7 Å². The lowest BCUT2D eigenvalue weighted by atomic mass is 10.1. The summed E-state index contributed by atoms with van der Waals surface area (Å²) in [4.78, 5) is 4.77. The molecule has 0 bridgehead atoms. The molecule has 0 amide bonds. The van der Waals surface area contributed by atoms with Gasteiger partial charge in [0.05, 0.1) is 6.04 Å². The highest BCUT2D eigenvalue weighted by molar-refractivity contribution is 5.98. The minimum Gasteiger partial charge on any atom is -0.285 e. The monoisotopic (exact) mass is 227 g/mol. The SMILES string of the molecule is C=C(C)C1CC1N=C(C)c1ccc(CC)cc1. The van der Waals surface area contributed by atoms with Gasteiger partial charge < -0.3 is 0 Å². The van der Waals surface area contributed by atoms with Crippen LogP contribution in [0.3, 0.4) is 0 Å². The lowest BCUT2D eigenvalue weighted by Crippen LogP contribution is -1.98. The molecule has 1 fully saturated rings. The average Bonchev–Trinajstić information content (AvgIpc) is 3.08. The highest BCUT2D eigenvalue weighted by Gasteiger charge is 2.37. The van der Waals surface area contributed by atoms with Crippen LogP contribution in [0.2, 0.25) is 0 Å². The highest BCUT2D eigenvalue weighted by Crippen LogP contribution is 2.39. The van der Waals surface area contributed by atoms with Crippen molar-refractivity contribution in [1.82, 2.24) is 0 Å². The largest absolute Gasteiger partial charge is 0.285 e. The first-order valence-corrected chi connectivity index (χ1v) is 6.41. The van der Waals surface area contributed by atoms with Gasteiger partial charge in [0.15, 0.2) is 0 Å². The molecule has 1 aliphatic carbocycles. The van der Waals surface area contributed by atoms with Gasteiger partial charge in [0, 0.05) is 11.6 Å². The molecule has 2 unspecified atom stereocenters. The quantitative estimate of drug-likeness (QED) is 0.544. The summed E-state index contributed by atoms with van der Waals surface area (Å²) < 4.78 is 0. The molecule has 2 rings (SSSR count). The average molecular weight is 227 g/mol. The normalized spacial score (nSPS) is 23.6. The molecular formula is C16H21N. The van der Waals surface area contributed by atoms with E-state index in [9.17, 15) is 0 Å². The molecule has 1 heteroatoms. The topological polar surface area (TPSA) is 12.4 Å². The number of benzene rings is 1. The third kappa shape index (κ3) is 2.85. The zero-order valence-corrected chi connectivity index (χ0v) is 11.0. The molecule has 0 radical (unpaired) electrons. The molecule has 0 aromatic heterocycles. The number of nitrogens with zero attached hydrogens (tertiary/aromatic N) is 1. The Morgan fingerprint density at radius 2 is 1.94 bits per heavy atom. The molecule has 1 aromatic rings. The van der Waals surface area contributed by atoms with Crippen LogP contribution < -0.4 is 0 Å². The van der Waals surface area contributed by atoms with Gasteiger partial charge in [-0.1, -0.05) is 43.3 Å². The predicted octanol–water partition coefficient (Wildman–Crippen LogP) is 4.02. The number of aliphatic imine (C=N–C) groups is 1. The second-order valence-corrected chi connectivity index (χ2v) is 5.02. The summed E-state index contributed by atoms with van der Waals surface area (Å²) in [6, 6.07) is 9.22. The Hall–Kier alpha value is -1.37. The highest BCUT2D eigenvalue weighted by atomic mass is 14.9. The van der Waals surface area contributed by atoms with Crippen LogP contribution in [0.1, 0.15) is 38.3 Å². The fourth-order valence-electron chi connectivity index (χ4n) is 2.16. The predicted molar refractivity (Wildman–Crippen MR) is 74.7 cm³/mol. The fraction of sp³-hybridized carbons (Fsp3) is 0.438. The zero-order chi connectivity index (χ0) is 12.4. The molecule has 0 aliphatic heterocycles. The fourth-order valence-corrected chi connectivity index (χ4v) is 2.16. The van der Waals surface area contributed by atoms with E-state index >= 15 is 0 Å². The van der Waals surface area contributed by atoms with Gasteiger partial charge in [0.2, 0.25) is 0 Å². The number of hydrogen-bond acceptors (Lipinski definition) is 1. The minimum atomic E-state index is 0.485. The van der Waals surface area contributed by atoms with Crippen molar-refractivity contribution < 1.29 is 0 Å². The van der Waals surface area contributed by atoms with E-state index in [0.717, 1.165) is 12.1 Å². The van der Waals surface area contributed by atoms with Gasteiger partial charge in [0.1, 0.15) is 0 Å². The molecule has 0 N–H and O–H groups in total. The lowest BCUT2D eigenvalue weighted by Gasteiger charge is -2.03. The van der Waals surface area contributed by atoms with Gasteiger partial charge in [-0.05, 0) is 37.8 Å². The Labute approximate surface area is 104 Å². The van der Waals surface area contributed by atoms with Crippen molar-refractivity contribution in [2.24, 2.45) is 10.9 Å². The second kappa shape index (κ2) is 4.87. The molecule has 0 spiro atoms. The van der Waals surface area contributed by atoms with E-state index in [1.807, 2.05) is 0 Å². The van der Waals surface area contributed by atoms with Crippen molar-refractivity contribution in [3.05, 3.63) is 47.5 Å². The van der Waals surface area contributed by atoms with Crippen molar-refractivity contribution >= 4 is 5.71 Å². The third-order valence-corrected chi connectivity index (χ3v) is 3.53. The standard InChI is InChI=1S/C16H21N/c1-5-13-6-8-14(9-7-13)12(4)17-16-10-15(16)11(2)3/h6-9,15-16H,2,5,10H2,1,3-4H3. The van der Waals surface area contributed by atoms with E-state index < -0.39 is 0 Å². The summed E-state index contributed by atoms with van der Waals surface area (Å²) in [6.07, 6.45) is 2.27. The molecule has 90 valence electrons. The second-order valence-electron chi connectivity index (χ2n) is 5.02. The Kier molecular flexibility index (Phi) is 3.46. The summed E-state index contributed by atoms with van der Waals surface area (Å²) in [7, 11) is 0. The lowest BCUT2D eigenvalue weighted by molar-refractivity contribution is 0.922. The molecular weight excluding hydrogens is 206 g/mol. The molecule has 0 heterocycles. The van der Waals surface area contributed by atoms with Crippen LogP contribution in [0.5, 0.6) is 0 Å². The van der Waals surface area contributed by atoms with E-state index in [4.69, 9.17) is 4.99 Å². The molecule has 1 nitrogen and oxygen atoms in total. The van der Waals surface area contributed by atoms with E-state index in [1.165, 1.54) is 23.1 Å². The smallest absolute Gasteiger partial charge is 0.0575 e. The first-order valence-electron chi connectivity index (χ1n) is 6.41. The van der Waals surface area contributed by atoms with Crippen LogP contribution in [0.4, 0.5) is 0 Å².